The molecule has 0 saturated heterocycles. The number of benzene rings is 2. The van der Waals surface area contributed by atoms with E-state index < -0.39 is 17.8 Å². The quantitative estimate of drug-likeness (QED) is 0.462. The van der Waals surface area contributed by atoms with E-state index in [1.807, 2.05) is 0 Å². The Morgan fingerprint density at radius 1 is 1.04 bits per heavy atom. The van der Waals surface area contributed by atoms with Crippen molar-refractivity contribution >= 4 is 41.1 Å². The van der Waals surface area contributed by atoms with Gasteiger partial charge in [0.05, 0.1) is 11.1 Å². The highest BCUT2D eigenvalue weighted by Gasteiger charge is 2.38. The van der Waals surface area contributed by atoms with Crippen molar-refractivity contribution < 1.29 is 23.6 Å². The molecule has 2 amide bonds. The first-order chi connectivity index (χ1) is 13.5. The number of rotatable bonds is 5. The standard InChI is InChI=1S/C18H10ClN3O5S/c19-11-7-5-10(6-8-11)15-20-21-18(26-15)28-9-14(23)27-22-16(24)12-3-1-2-4-13(12)17(22)25/h1-8H,9H2. The van der Waals surface area contributed by atoms with Crippen molar-refractivity contribution in [3.05, 3.63) is 64.7 Å². The van der Waals surface area contributed by atoms with Gasteiger partial charge in [0, 0.05) is 10.6 Å². The summed E-state index contributed by atoms with van der Waals surface area (Å²) in [6.45, 7) is 0. The minimum atomic E-state index is -0.800. The van der Waals surface area contributed by atoms with Crippen molar-refractivity contribution in [2.24, 2.45) is 0 Å². The third kappa shape index (κ3) is 3.49. The van der Waals surface area contributed by atoms with Gasteiger partial charge in [-0.2, -0.15) is 0 Å². The van der Waals surface area contributed by atoms with E-state index in [1.165, 1.54) is 12.1 Å². The first-order valence-electron chi connectivity index (χ1n) is 7.94. The molecule has 4 rings (SSSR count). The molecule has 0 bridgehead atoms. The molecule has 0 fully saturated rings. The molecular weight excluding hydrogens is 406 g/mol. The number of fused-ring (bicyclic) bond motifs is 1. The SMILES string of the molecule is O=C(CSc1nnc(-c2ccc(Cl)cc2)o1)ON1C(=O)c2ccccc2C1=O. The summed E-state index contributed by atoms with van der Waals surface area (Å²) in [6, 6.07) is 13.1. The van der Waals surface area contributed by atoms with E-state index in [1.54, 1.807) is 36.4 Å². The maximum absolute atomic E-state index is 12.2. The molecule has 10 heteroatoms. The summed E-state index contributed by atoms with van der Waals surface area (Å²) in [5.41, 5.74) is 1.06. The number of thioether (sulfide) groups is 1. The lowest BCUT2D eigenvalue weighted by atomic mass is 10.1. The van der Waals surface area contributed by atoms with Crippen LogP contribution < -0.4 is 0 Å². The summed E-state index contributed by atoms with van der Waals surface area (Å²) in [5.74, 6) is -2.11. The maximum Gasteiger partial charge on any atom is 0.343 e. The number of aromatic nitrogens is 2. The molecule has 0 atom stereocenters. The lowest BCUT2D eigenvalue weighted by Gasteiger charge is -2.11. The predicted octanol–water partition coefficient (Wildman–Crippen LogP) is 3.24. The van der Waals surface area contributed by atoms with Gasteiger partial charge in [0.25, 0.3) is 17.0 Å². The van der Waals surface area contributed by atoms with Crippen molar-refractivity contribution in [1.29, 1.82) is 0 Å². The molecule has 1 aliphatic rings. The zero-order valence-electron chi connectivity index (χ0n) is 14.0. The number of imide groups is 1. The van der Waals surface area contributed by atoms with E-state index in [0.29, 0.717) is 15.6 Å². The Kier molecular flexibility index (Phi) is 4.84. The Labute approximate surface area is 167 Å². The number of hydroxylamine groups is 2. The Morgan fingerprint density at radius 2 is 1.68 bits per heavy atom. The van der Waals surface area contributed by atoms with E-state index in [4.69, 9.17) is 20.9 Å². The van der Waals surface area contributed by atoms with Crippen molar-refractivity contribution in [2.45, 2.75) is 5.22 Å². The normalized spacial score (nSPS) is 13.0. The molecule has 140 valence electrons. The Morgan fingerprint density at radius 3 is 2.32 bits per heavy atom. The number of carbonyl (C=O) groups is 3. The van der Waals surface area contributed by atoms with E-state index in [2.05, 4.69) is 10.2 Å². The van der Waals surface area contributed by atoms with Crippen LogP contribution in [0.3, 0.4) is 0 Å². The van der Waals surface area contributed by atoms with E-state index >= 15 is 0 Å². The van der Waals surface area contributed by atoms with Gasteiger partial charge in [-0.1, -0.05) is 40.6 Å². The van der Waals surface area contributed by atoms with Crippen LogP contribution in [-0.2, 0) is 9.63 Å². The van der Waals surface area contributed by atoms with Crippen LogP contribution in [0, 0.1) is 0 Å². The second-order valence-electron chi connectivity index (χ2n) is 5.58. The van der Waals surface area contributed by atoms with Crippen LogP contribution in [0.4, 0.5) is 0 Å². The van der Waals surface area contributed by atoms with Gasteiger partial charge in [-0.15, -0.1) is 10.2 Å². The van der Waals surface area contributed by atoms with Crippen molar-refractivity contribution in [1.82, 2.24) is 15.3 Å². The molecule has 0 saturated carbocycles. The summed E-state index contributed by atoms with van der Waals surface area (Å²) in [4.78, 5) is 41.3. The third-order valence-electron chi connectivity index (χ3n) is 3.76. The number of hydrogen-bond donors (Lipinski definition) is 0. The van der Waals surface area contributed by atoms with Gasteiger partial charge >= 0.3 is 5.97 Å². The Bertz CT molecular complexity index is 1050. The topological polar surface area (TPSA) is 103 Å². The molecular formula is C18H10ClN3O5S. The van der Waals surface area contributed by atoms with Crippen LogP contribution in [0.1, 0.15) is 20.7 Å². The van der Waals surface area contributed by atoms with Crippen molar-refractivity contribution in [2.75, 3.05) is 5.75 Å². The fourth-order valence-electron chi connectivity index (χ4n) is 2.48. The number of nitrogens with zero attached hydrogens (tertiary/aromatic N) is 3. The van der Waals surface area contributed by atoms with Crippen LogP contribution in [0.25, 0.3) is 11.5 Å². The molecule has 8 nitrogen and oxygen atoms in total. The van der Waals surface area contributed by atoms with Gasteiger partial charge in [-0.05, 0) is 36.4 Å². The third-order valence-corrected chi connectivity index (χ3v) is 4.80. The summed E-state index contributed by atoms with van der Waals surface area (Å²) in [5, 5.41) is 8.92. The fourth-order valence-corrected chi connectivity index (χ4v) is 3.13. The van der Waals surface area contributed by atoms with Crippen LogP contribution in [-0.4, -0.2) is 38.8 Å². The lowest BCUT2D eigenvalue weighted by Crippen LogP contribution is -2.33. The van der Waals surface area contributed by atoms with Crippen LogP contribution in [0.5, 0.6) is 0 Å². The highest BCUT2D eigenvalue weighted by molar-refractivity contribution is 7.99. The molecule has 1 aromatic heterocycles. The highest BCUT2D eigenvalue weighted by atomic mass is 35.5. The number of carbonyl (C=O) groups excluding carboxylic acids is 3. The molecule has 2 aromatic carbocycles. The molecule has 2 heterocycles. The Hall–Kier alpha value is -3.17. The summed E-state index contributed by atoms with van der Waals surface area (Å²) in [6.07, 6.45) is 0. The smallest absolute Gasteiger partial charge is 0.343 e. The summed E-state index contributed by atoms with van der Waals surface area (Å²) >= 11 is 6.76. The average molecular weight is 416 g/mol. The maximum atomic E-state index is 12.2. The number of hydrogen-bond acceptors (Lipinski definition) is 8. The van der Waals surface area contributed by atoms with Crippen LogP contribution in [0.15, 0.2) is 58.2 Å². The van der Waals surface area contributed by atoms with Crippen LogP contribution in [0.2, 0.25) is 5.02 Å². The monoisotopic (exact) mass is 415 g/mol. The van der Waals surface area contributed by atoms with Crippen molar-refractivity contribution in [3.63, 3.8) is 0 Å². The minimum Gasteiger partial charge on any atom is -0.411 e. The van der Waals surface area contributed by atoms with E-state index in [0.717, 1.165) is 11.8 Å². The van der Waals surface area contributed by atoms with Gasteiger partial charge in [-0.25, -0.2) is 4.79 Å². The average Bonchev–Trinajstić information content (AvgIpc) is 3.27. The number of halogens is 1. The molecule has 1 aliphatic heterocycles. The Balaban J connectivity index is 1.36. The largest absolute Gasteiger partial charge is 0.411 e. The van der Waals surface area contributed by atoms with E-state index in [9.17, 15) is 14.4 Å². The van der Waals surface area contributed by atoms with Gasteiger partial charge in [0.2, 0.25) is 5.89 Å². The highest BCUT2D eigenvalue weighted by Crippen LogP contribution is 2.26. The second kappa shape index (κ2) is 7.45. The van der Waals surface area contributed by atoms with Crippen molar-refractivity contribution in [3.8, 4) is 11.5 Å². The molecule has 0 spiro atoms. The number of amides is 2. The van der Waals surface area contributed by atoms with Crippen LogP contribution >= 0.6 is 23.4 Å². The molecule has 28 heavy (non-hydrogen) atoms. The predicted molar refractivity (Wildman–Crippen MR) is 98.5 cm³/mol. The van der Waals surface area contributed by atoms with Gasteiger partial charge in [-0.3, -0.25) is 9.59 Å². The van der Waals surface area contributed by atoms with E-state index in [-0.39, 0.29) is 28.0 Å². The molecule has 0 aliphatic carbocycles. The molecule has 3 aromatic rings. The molecule has 0 unspecified atom stereocenters. The van der Waals surface area contributed by atoms with Gasteiger partial charge < -0.3 is 9.25 Å². The lowest BCUT2D eigenvalue weighted by molar-refractivity contribution is -0.165. The van der Waals surface area contributed by atoms with Gasteiger partial charge in [0.15, 0.2) is 0 Å². The first kappa shape index (κ1) is 18.2. The first-order valence-corrected chi connectivity index (χ1v) is 9.30. The minimum absolute atomic E-state index is 0.143. The zero-order chi connectivity index (χ0) is 19.7. The summed E-state index contributed by atoms with van der Waals surface area (Å²) in [7, 11) is 0. The molecule has 0 radical (unpaired) electrons. The fraction of sp³-hybridized carbons (Fsp3) is 0.0556. The summed E-state index contributed by atoms with van der Waals surface area (Å²) < 4.78 is 5.47. The zero-order valence-corrected chi connectivity index (χ0v) is 15.6. The van der Waals surface area contributed by atoms with Gasteiger partial charge in [0.1, 0.15) is 5.75 Å². The second-order valence-corrected chi connectivity index (χ2v) is 6.95. The molecule has 0 N–H and O–H groups in total.